The fourth-order valence-corrected chi connectivity index (χ4v) is 5.15. The van der Waals surface area contributed by atoms with Crippen molar-refractivity contribution in [3.63, 3.8) is 0 Å². The molecule has 4 atom stereocenters. The summed E-state index contributed by atoms with van der Waals surface area (Å²) in [6.45, 7) is 2.24. The Bertz CT molecular complexity index is 334. The van der Waals surface area contributed by atoms with Gasteiger partial charge in [-0.2, -0.15) is 0 Å². The molecule has 2 bridgehead atoms. The number of fused-ring (bicyclic) bond motifs is 2. The molecule has 114 valence electrons. The van der Waals surface area contributed by atoms with Gasteiger partial charge in [0.1, 0.15) is 0 Å². The summed E-state index contributed by atoms with van der Waals surface area (Å²) in [5.74, 6) is 3.80. The summed E-state index contributed by atoms with van der Waals surface area (Å²) in [4.78, 5) is 12.1. The van der Waals surface area contributed by atoms with Crippen LogP contribution in [0.1, 0.15) is 77.6 Å². The molecule has 0 aromatic rings. The minimum atomic E-state index is 0.311. The van der Waals surface area contributed by atoms with E-state index in [0.717, 1.165) is 36.5 Å². The largest absolute Gasteiger partial charge is 0.353 e. The lowest BCUT2D eigenvalue weighted by molar-refractivity contribution is -0.122. The summed E-state index contributed by atoms with van der Waals surface area (Å²) in [5.41, 5.74) is 0. The first-order valence-corrected chi connectivity index (χ1v) is 9.01. The number of hydrogen-bond acceptors (Lipinski definition) is 1. The van der Waals surface area contributed by atoms with E-state index >= 15 is 0 Å². The Labute approximate surface area is 124 Å². The van der Waals surface area contributed by atoms with E-state index in [9.17, 15) is 4.79 Å². The lowest BCUT2D eigenvalue weighted by atomic mass is 9.83. The van der Waals surface area contributed by atoms with E-state index in [2.05, 4.69) is 12.2 Å². The van der Waals surface area contributed by atoms with Crippen LogP contribution in [-0.2, 0) is 4.79 Å². The third kappa shape index (κ3) is 3.38. The molecule has 0 aromatic heterocycles. The molecule has 0 aliphatic heterocycles. The fraction of sp³-hybridized carbons (Fsp3) is 0.944. The normalized spacial score (nSPS) is 35.1. The molecule has 2 nitrogen and oxygen atoms in total. The molecule has 0 spiro atoms. The Morgan fingerprint density at radius 3 is 2.55 bits per heavy atom. The van der Waals surface area contributed by atoms with Crippen molar-refractivity contribution < 1.29 is 4.79 Å². The molecule has 3 aliphatic carbocycles. The van der Waals surface area contributed by atoms with Crippen LogP contribution in [0.2, 0.25) is 0 Å². The van der Waals surface area contributed by atoms with E-state index in [1.165, 1.54) is 57.8 Å². The quantitative estimate of drug-likeness (QED) is 0.798. The first-order valence-electron chi connectivity index (χ1n) is 9.01. The second-order valence-electron chi connectivity index (χ2n) is 7.74. The van der Waals surface area contributed by atoms with E-state index in [0.29, 0.717) is 11.9 Å². The van der Waals surface area contributed by atoms with Crippen LogP contribution in [0.4, 0.5) is 0 Å². The topological polar surface area (TPSA) is 29.1 Å². The van der Waals surface area contributed by atoms with Gasteiger partial charge in [0.05, 0.1) is 0 Å². The van der Waals surface area contributed by atoms with Gasteiger partial charge in [-0.15, -0.1) is 0 Å². The molecule has 2 heteroatoms. The van der Waals surface area contributed by atoms with Gasteiger partial charge in [-0.25, -0.2) is 0 Å². The Hall–Kier alpha value is -0.530. The molecule has 0 radical (unpaired) electrons. The van der Waals surface area contributed by atoms with E-state index in [1.807, 2.05) is 0 Å². The zero-order chi connectivity index (χ0) is 13.9. The third-order valence-corrected chi connectivity index (χ3v) is 6.33. The van der Waals surface area contributed by atoms with Crippen molar-refractivity contribution in [2.24, 2.45) is 23.7 Å². The van der Waals surface area contributed by atoms with Crippen molar-refractivity contribution in [3.8, 4) is 0 Å². The zero-order valence-corrected chi connectivity index (χ0v) is 13.1. The standard InChI is InChI=1S/C18H31NO/c1-13(17-12-15-7-9-16(17)11-15)19-18(20)10-8-14-5-3-2-4-6-14/h13-17H,2-12H2,1H3,(H,19,20)/t13-,15-,16-,17+/m1/s1. The highest BCUT2D eigenvalue weighted by molar-refractivity contribution is 5.76. The van der Waals surface area contributed by atoms with Gasteiger partial charge in [0.2, 0.25) is 5.91 Å². The lowest BCUT2D eigenvalue weighted by Crippen LogP contribution is -2.40. The second-order valence-corrected chi connectivity index (χ2v) is 7.74. The lowest BCUT2D eigenvalue weighted by Gasteiger charge is -2.29. The maximum atomic E-state index is 12.1. The molecule has 0 unspecified atom stereocenters. The van der Waals surface area contributed by atoms with Gasteiger partial charge in [0.25, 0.3) is 0 Å². The number of carbonyl (C=O) groups excluding carboxylic acids is 1. The highest BCUT2D eigenvalue weighted by atomic mass is 16.1. The summed E-state index contributed by atoms with van der Waals surface area (Å²) < 4.78 is 0. The average molecular weight is 277 g/mol. The second kappa shape index (κ2) is 6.49. The Morgan fingerprint density at radius 2 is 1.90 bits per heavy atom. The molecule has 3 rings (SSSR count). The van der Waals surface area contributed by atoms with Gasteiger partial charge in [-0.3, -0.25) is 4.79 Å². The molecule has 3 fully saturated rings. The first kappa shape index (κ1) is 14.4. The summed E-state index contributed by atoms with van der Waals surface area (Å²) in [6.07, 6.45) is 14.4. The van der Waals surface area contributed by atoms with Crippen LogP contribution in [0.3, 0.4) is 0 Å². The minimum absolute atomic E-state index is 0.311. The Balaban J connectivity index is 1.37. The van der Waals surface area contributed by atoms with Crippen LogP contribution in [0.15, 0.2) is 0 Å². The van der Waals surface area contributed by atoms with Crippen molar-refractivity contribution in [2.45, 2.75) is 83.6 Å². The molecular formula is C18H31NO. The van der Waals surface area contributed by atoms with E-state index in [4.69, 9.17) is 0 Å². The third-order valence-electron chi connectivity index (χ3n) is 6.33. The highest BCUT2D eigenvalue weighted by Crippen LogP contribution is 2.49. The monoisotopic (exact) mass is 277 g/mol. The van der Waals surface area contributed by atoms with E-state index in [1.54, 1.807) is 0 Å². The van der Waals surface area contributed by atoms with Crippen LogP contribution in [-0.4, -0.2) is 11.9 Å². The van der Waals surface area contributed by atoms with Gasteiger partial charge in [0, 0.05) is 12.5 Å². The molecule has 0 heterocycles. The van der Waals surface area contributed by atoms with E-state index < -0.39 is 0 Å². The summed E-state index contributed by atoms with van der Waals surface area (Å²) >= 11 is 0. The van der Waals surface area contributed by atoms with Gasteiger partial charge in [-0.05, 0) is 56.3 Å². The summed E-state index contributed by atoms with van der Waals surface area (Å²) in [7, 11) is 0. The van der Waals surface area contributed by atoms with Crippen molar-refractivity contribution >= 4 is 5.91 Å². The van der Waals surface area contributed by atoms with E-state index in [-0.39, 0.29) is 0 Å². The summed E-state index contributed by atoms with van der Waals surface area (Å²) in [5, 5.41) is 3.31. The van der Waals surface area contributed by atoms with Gasteiger partial charge in [0.15, 0.2) is 0 Å². The van der Waals surface area contributed by atoms with Gasteiger partial charge < -0.3 is 5.32 Å². The molecule has 1 N–H and O–H groups in total. The van der Waals surface area contributed by atoms with Crippen LogP contribution >= 0.6 is 0 Å². The summed E-state index contributed by atoms with van der Waals surface area (Å²) in [6, 6.07) is 0.407. The minimum Gasteiger partial charge on any atom is -0.353 e. The first-order chi connectivity index (χ1) is 9.72. The Morgan fingerprint density at radius 1 is 1.10 bits per heavy atom. The Kier molecular flexibility index (Phi) is 4.68. The predicted molar refractivity (Wildman–Crippen MR) is 82.4 cm³/mol. The maximum Gasteiger partial charge on any atom is 0.220 e. The van der Waals surface area contributed by atoms with Crippen LogP contribution in [0.5, 0.6) is 0 Å². The molecule has 0 aromatic carbocycles. The fourth-order valence-electron chi connectivity index (χ4n) is 5.15. The van der Waals surface area contributed by atoms with Gasteiger partial charge >= 0.3 is 0 Å². The molecule has 20 heavy (non-hydrogen) atoms. The number of nitrogens with one attached hydrogen (secondary N) is 1. The van der Waals surface area contributed by atoms with Crippen molar-refractivity contribution in [3.05, 3.63) is 0 Å². The molecule has 1 amide bonds. The number of carbonyl (C=O) groups is 1. The molecule has 3 aliphatic rings. The number of rotatable bonds is 5. The van der Waals surface area contributed by atoms with Crippen molar-refractivity contribution in [2.75, 3.05) is 0 Å². The van der Waals surface area contributed by atoms with Gasteiger partial charge in [-0.1, -0.05) is 38.5 Å². The van der Waals surface area contributed by atoms with Crippen LogP contribution in [0, 0.1) is 23.7 Å². The number of amides is 1. The average Bonchev–Trinajstić information content (AvgIpc) is 3.09. The maximum absolute atomic E-state index is 12.1. The van der Waals surface area contributed by atoms with Crippen molar-refractivity contribution in [1.29, 1.82) is 0 Å². The smallest absolute Gasteiger partial charge is 0.220 e. The SMILES string of the molecule is C[C@@H](NC(=O)CCC1CCCCC1)[C@@H]1C[C@@H]2CC[C@@H]1C2. The van der Waals surface area contributed by atoms with Crippen LogP contribution < -0.4 is 5.32 Å². The van der Waals surface area contributed by atoms with Crippen molar-refractivity contribution in [1.82, 2.24) is 5.32 Å². The van der Waals surface area contributed by atoms with Crippen LogP contribution in [0.25, 0.3) is 0 Å². The molecule has 3 saturated carbocycles. The highest BCUT2D eigenvalue weighted by Gasteiger charge is 2.42. The zero-order valence-electron chi connectivity index (χ0n) is 13.1. The molecule has 0 saturated heterocycles. The number of hydrogen-bond donors (Lipinski definition) is 1. The predicted octanol–water partition coefficient (Wildman–Crippen LogP) is 4.29. The molecular weight excluding hydrogens is 246 g/mol.